The first-order valence-corrected chi connectivity index (χ1v) is 21.6. The van der Waals surface area contributed by atoms with Crippen LogP contribution in [0.15, 0.2) is 238 Å². The molecule has 5 heteroatoms. The average Bonchev–Trinajstić information content (AvgIpc) is 4.11. The third-order valence-corrected chi connectivity index (χ3v) is 12.1. The Bertz CT molecular complexity index is 3280. The fourth-order valence-electron chi connectivity index (χ4n) is 8.95. The van der Waals surface area contributed by atoms with Gasteiger partial charge < -0.3 is 23.1 Å². The highest BCUT2D eigenvalue weighted by Crippen LogP contribution is 2.45. The molecule has 0 N–H and O–H groups in total. The van der Waals surface area contributed by atoms with E-state index in [-0.39, 0.29) is 0 Å². The highest BCUT2D eigenvalue weighted by atomic mass is 16.4. The Labute approximate surface area is 370 Å². The summed E-state index contributed by atoms with van der Waals surface area (Å²) in [5, 5.41) is 5.08. The third kappa shape index (κ3) is 6.59. The van der Waals surface area contributed by atoms with Crippen LogP contribution >= 0.6 is 0 Å². The number of hydrogen-bond acceptors (Lipinski definition) is 5. The normalized spacial score (nSPS) is 11.5. The fourth-order valence-corrected chi connectivity index (χ4v) is 8.95. The van der Waals surface area contributed by atoms with Gasteiger partial charge in [0.1, 0.15) is 22.9 Å². The molecule has 0 unspecified atom stereocenters. The van der Waals surface area contributed by atoms with Gasteiger partial charge >= 0.3 is 0 Å². The summed E-state index contributed by atoms with van der Waals surface area (Å²) in [5.74, 6) is 2.35. The van der Waals surface area contributed by atoms with Crippen LogP contribution < -0.4 is 9.80 Å². The second kappa shape index (κ2) is 15.4. The summed E-state index contributed by atoms with van der Waals surface area (Å²) in [6, 6.07) is 78.2. The first-order chi connectivity index (χ1) is 31.6. The lowest BCUT2D eigenvalue weighted by molar-refractivity contribution is 0.598. The maximum absolute atomic E-state index is 6.90. The highest BCUT2D eigenvalue weighted by Gasteiger charge is 2.22. The molecule has 0 saturated carbocycles. The molecular formula is C59H40N2O3. The number of furan rings is 3. The molecule has 0 saturated heterocycles. The van der Waals surface area contributed by atoms with Gasteiger partial charge in [0.2, 0.25) is 0 Å². The number of para-hydroxylation sites is 4. The molecule has 3 heterocycles. The number of fused-ring (bicyclic) bond motifs is 7. The number of aryl methyl sites for hydroxylation is 1. The minimum atomic E-state index is 0.698. The van der Waals surface area contributed by atoms with Crippen molar-refractivity contribution in [2.24, 2.45) is 0 Å². The van der Waals surface area contributed by atoms with E-state index in [0.29, 0.717) is 11.2 Å². The molecule has 64 heavy (non-hydrogen) atoms. The smallest absolute Gasteiger partial charge is 0.178 e. The third-order valence-electron chi connectivity index (χ3n) is 12.1. The van der Waals surface area contributed by atoms with Gasteiger partial charge in [0.05, 0.1) is 0 Å². The Kier molecular flexibility index (Phi) is 8.97. The van der Waals surface area contributed by atoms with Gasteiger partial charge in [-0.15, -0.1) is 0 Å². The molecule has 0 bridgehead atoms. The van der Waals surface area contributed by atoms with E-state index in [2.05, 4.69) is 217 Å². The molecule has 5 nitrogen and oxygen atoms in total. The zero-order valence-electron chi connectivity index (χ0n) is 35.0. The van der Waals surface area contributed by atoms with Crippen molar-refractivity contribution in [1.29, 1.82) is 0 Å². The average molecular weight is 825 g/mol. The Balaban J connectivity index is 0.992. The molecule has 0 aliphatic rings. The fraction of sp³-hybridized carbons (Fsp3) is 0.0169. The number of rotatable bonds is 9. The summed E-state index contributed by atoms with van der Waals surface area (Å²) < 4.78 is 20.4. The van der Waals surface area contributed by atoms with Gasteiger partial charge in [-0.1, -0.05) is 103 Å². The molecule has 0 aliphatic heterocycles. The van der Waals surface area contributed by atoms with Crippen molar-refractivity contribution < 1.29 is 13.3 Å². The zero-order chi connectivity index (χ0) is 42.6. The van der Waals surface area contributed by atoms with Crippen molar-refractivity contribution in [3.05, 3.63) is 230 Å². The van der Waals surface area contributed by atoms with Crippen molar-refractivity contribution in [2.45, 2.75) is 6.92 Å². The predicted molar refractivity (Wildman–Crippen MR) is 264 cm³/mol. The van der Waals surface area contributed by atoms with Crippen molar-refractivity contribution in [3.63, 3.8) is 0 Å². The van der Waals surface area contributed by atoms with Crippen LogP contribution in [0.2, 0.25) is 0 Å². The first kappa shape index (κ1) is 37.2. The van der Waals surface area contributed by atoms with Gasteiger partial charge in [-0.3, -0.25) is 0 Å². The molecular weight excluding hydrogens is 785 g/mol. The van der Waals surface area contributed by atoms with Crippen LogP contribution in [0.4, 0.5) is 34.1 Å². The molecule has 3 aromatic heterocycles. The Morgan fingerprint density at radius 3 is 1.05 bits per heavy atom. The minimum absolute atomic E-state index is 0.698. The van der Waals surface area contributed by atoms with E-state index in [1.165, 1.54) is 5.56 Å². The van der Waals surface area contributed by atoms with Crippen LogP contribution in [0, 0.1) is 6.92 Å². The van der Waals surface area contributed by atoms with Gasteiger partial charge in [-0.25, -0.2) is 0 Å². The summed E-state index contributed by atoms with van der Waals surface area (Å²) in [7, 11) is 0. The standard InChI is InChI=1S/C59H40N2O3/c1-39-22-24-40(25-23-39)54-35-43-34-50-51(36-57(43)62-54)53-38-56(42-28-32-49(33-29-42)61(46-18-10-4-11-19-46)47-20-12-5-13-21-47)64-59(53)58-52(50)37-55(63-58)41-26-30-48(31-27-41)60(44-14-6-2-7-15-44)45-16-8-3-9-17-45/h2-38H,1H3. The Morgan fingerprint density at radius 2 is 0.641 bits per heavy atom. The van der Waals surface area contributed by atoms with E-state index in [1.54, 1.807) is 0 Å². The van der Waals surface area contributed by atoms with Gasteiger partial charge in [0.15, 0.2) is 11.2 Å². The maximum Gasteiger partial charge on any atom is 0.178 e. The molecule has 0 aliphatic carbocycles. The van der Waals surface area contributed by atoms with E-state index in [0.717, 1.165) is 101 Å². The van der Waals surface area contributed by atoms with Crippen LogP contribution in [0.1, 0.15) is 5.56 Å². The molecule has 0 amide bonds. The van der Waals surface area contributed by atoms with E-state index >= 15 is 0 Å². The number of benzene rings is 9. The molecule has 0 spiro atoms. The lowest BCUT2D eigenvalue weighted by Crippen LogP contribution is -2.09. The van der Waals surface area contributed by atoms with E-state index in [1.807, 2.05) is 24.3 Å². The van der Waals surface area contributed by atoms with Crippen LogP contribution in [0.25, 0.3) is 77.7 Å². The monoisotopic (exact) mass is 824 g/mol. The maximum atomic E-state index is 6.90. The van der Waals surface area contributed by atoms with Crippen LogP contribution in [0.5, 0.6) is 0 Å². The van der Waals surface area contributed by atoms with Gasteiger partial charge in [-0.2, -0.15) is 0 Å². The second-order valence-corrected chi connectivity index (χ2v) is 16.2. The number of anilines is 6. The summed E-state index contributed by atoms with van der Waals surface area (Å²) >= 11 is 0. The molecule has 12 rings (SSSR count). The molecule has 304 valence electrons. The highest BCUT2D eigenvalue weighted by molar-refractivity contribution is 6.25. The van der Waals surface area contributed by atoms with Gasteiger partial charge in [0.25, 0.3) is 0 Å². The van der Waals surface area contributed by atoms with Crippen LogP contribution in [-0.4, -0.2) is 0 Å². The Morgan fingerprint density at radius 1 is 0.297 bits per heavy atom. The van der Waals surface area contributed by atoms with E-state index in [9.17, 15) is 0 Å². The van der Waals surface area contributed by atoms with Gasteiger partial charge in [-0.05, 0) is 145 Å². The van der Waals surface area contributed by atoms with Crippen molar-refractivity contribution in [3.8, 4) is 34.0 Å². The molecule has 0 atom stereocenters. The number of nitrogens with zero attached hydrogens (tertiary/aromatic N) is 2. The molecule has 0 fully saturated rings. The van der Waals surface area contributed by atoms with E-state index in [4.69, 9.17) is 13.3 Å². The number of hydrogen-bond donors (Lipinski definition) is 0. The summed E-state index contributed by atoms with van der Waals surface area (Å²) in [6.07, 6.45) is 0. The summed E-state index contributed by atoms with van der Waals surface area (Å²) in [4.78, 5) is 4.52. The van der Waals surface area contributed by atoms with Crippen LogP contribution in [-0.2, 0) is 0 Å². The van der Waals surface area contributed by atoms with Crippen molar-refractivity contribution in [1.82, 2.24) is 0 Å². The van der Waals surface area contributed by atoms with Crippen LogP contribution in [0.3, 0.4) is 0 Å². The van der Waals surface area contributed by atoms with E-state index < -0.39 is 0 Å². The minimum Gasteiger partial charge on any atom is -0.456 e. The predicted octanol–water partition coefficient (Wildman–Crippen LogP) is 17.3. The lowest BCUT2D eigenvalue weighted by Gasteiger charge is -2.25. The molecule has 0 radical (unpaired) electrons. The second-order valence-electron chi connectivity index (χ2n) is 16.2. The van der Waals surface area contributed by atoms with Crippen molar-refractivity contribution >= 4 is 77.8 Å². The van der Waals surface area contributed by atoms with Gasteiger partial charge in [0, 0.05) is 67.0 Å². The largest absolute Gasteiger partial charge is 0.456 e. The topological polar surface area (TPSA) is 45.9 Å². The SMILES string of the molecule is Cc1ccc(-c2cc3cc4c(cc3o2)c2cc(-c3ccc(N(c5ccccc5)c5ccccc5)cc3)oc2c2oc(-c3ccc(N(c5ccccc5)c5ccccc5)cc3)cc42)cc1. The Hall–Kier alpha value is -8.54. The summed E-state index contributed by atoms with van der Waals surface area (Å²) in [5.41, 5.74) is 12.9. The lowest BCUT2D eigenvalue weighted by atomic mass is 10.00. The zero-order valence-corrected chi connectivity index (χ0v) is 35.0. The first-order valence-electron chi connectivity index (χ1n) is 21.6. The molecule has 12 aromatic rings. The molecule has 9 aromatic carbocycles. The quantitative estimate of drug-likeness (QED) is 0.145. The summed E-state index contributed by atoms with van der Waals surface area (Å²) in [6.45, 7) is 2.10. The van der Waals surface area contributed by atoms with Crippen molar-refractivity contribution in [2.75, 3.05) is 9.80 Å².